The van der Waals surface area contributed by atoms with Crippen LogP contribution in [-0.4, -0.2) is 23.9 Å². The van der Waals surface area contributed by atoms with E-state index in [1.165, 1.54) is 6.07 Å². The molecular weight excluding hydrogens is 346 g/mol. The number of hydrogen-bond acceptors (Lipinski definition) is 1. The largest absolute Gasteiger partial charge is 0.416 e. The van der Waals surface area contributed by atoms with Crippen molar-refractivity contribution >= 4 is 28.5 Å². The topological polar surface area (TPSA) is 20.3 Å². The van der Waals surface area contributed by atoms with Crippen LogP contribution in [0, 0.1) is 3.57 Å². The van der Waals surface area contributed by atoms with E-state index in [4.69, 9.17) is 0 Å². The molecule has 1 aliphatic rings. The summed E-state index contributed by atoms with van der Waals surface area (Å²) in [5.74, 6) is -0.313. The Bertz CT molecular complexity index is 455. The van der Waals surface area contributed by atoms with Gasteiger partial charge in [0.05, 0.1) is 11.1 Å². The fourth-order valence-corrected chi connectivity index (χ4v) is 2.12. The summed E-state index contributed by atoms with van der Waals surface area (Å²) in [6.45, 7) is 1.26. The van der Waals surface area contributed by atoms with E-state index < -0.39 is 11.7 Å². The molecule has 2 rings (SSSR count). The molecule has 0 bridgehead atoms. The van der Waals surface area contributed by atoms with Crippen LogP contribution in [0.3, 0.4) is 0 Å². The lowest BCUT2D eigenvalue weighted by Gasteiger charge is -2.31. The first-order valence-electron chi connectivity index (χ1n) is 5.05. The monoisotopic (exact) mass is 355 g/mol. The SMILES string of the molecule is O=C(c1cc(C(F)(F)F)ccc1I)N1CCC1. The van der Waals surface area contributed by atoms with E-state index in [0.717, 1.165) is 18.6 Å². The van der Waals surface area contributed by atoms with Crippen molar-refractivity contribution in [1.29, 1.82) is 0 Å². The smallest absolute Gasteiger partial charge is 0.338 e. The Labute approximate surface area is 110 Å². The van der Waals surface area contributed by atoms with Gasteiger partial charge in [-0.25, -0.2) is 0 Å². The van der Waals surface area contributed by atoms with Gasteiger partial charge in [0, 0.05) is 16.7 Å². The first kappa shape index (κ1) is 12.7. The predicted molar refractivity (Wildman–Crippen MR) is 64.7 cm³/mol. The van der Waals surface area contributed by atoms with E-state index in [9.17, 15) is 18.0 Å². The maximum absolute atomic E-state index is 12.5. The van der Waals surface area contributed by atoms with Crippen LogP contribution in [0.25, 0.3) is 0 Å². The average Bonchev–Trinajstić information content (AvgIpc) is 2.13. The number of carbonyl (C=O) groups excluding carboxylic acids is 1. The number of halogens is 4. The van der Waals surface area contributed by atoms with Crippen LogP contribution in [0.4, 0.5) is 13.2 Å². The van der Waals surface area contributed by atoms with Crippen molar-refractivity contribution in [3.8, 4) is 0 Å². The second-order valence-corrected chi connectivity index (χ2v) is 5.00. The second kappa shape index (κ2) is 4.47. The third kappa shape index (κ3) is 2.56. The lowest BCUT2D eigenvalue weighted by Crippen LogP contribution is -2.42. The number of carbonyl (C=O) groups is 1. The zero-order chi connectivity index (χ0) is 12.6. The summed E-state index contributed by atoms with van der Waals surface area (Å²) in [6.07, 6.45) is -3.49. The normalized spacial score (nSPS) is 15.6. The van der Waals surface area contributed by atoms with E-state index in [1.54, 1.807) is 4.90 Å². The van der Waals surface area contributed by atoms with Crippen molar-refractivity contribution < 1.29 is 18.0 Å². The molecule has 17 heavy (non-hydrogen) atoms. The molecule has 0 aromatic heterocycles. The molecule has 2 nitrogen and oxygen atoms in total. The van der Waals surface area contributed by atoms with Crippen molar-refractivity contribution in [3.05, 3.63) is 32.9 Å². The van der Waals surface area contributed by atoms with Crippen molar-refractivity contribution in [3.63, 3.8) is 0 Å². The van der Waals surface area contributed by atoms with Gasteiger partial charge in [0.2, 0.25) is 0 Å². The maximum Gasteiger partial charge on any atom is 0.416 e. The summed E-state index contributed by atoms with van der Waals surface area (Å²) in [6, 6.07) is 3.26. The molecule has 0 N–H and O–H groups in total. The van der Waals surface area contributed by atoms with E-state index in [1.807, 2.05) is 22.6 Å². The Morgan fingerprint density at radius 1 is 1.29 bits per heavy atom. The Morgan fingerprint density at radius 2 is 1.94 bits per heavy atom. The van der Waals surface area contributed by atoms with E-state index >= 15 is 0 Å². The highest BCUT2D eigenvalue weighted by Crippen LogP contribution is 2.31. The van der Waals surface area contributed by atoms with Gasteiger partial charge in [0.15, 0.2) is 0 Å². The van der Waals surface area contributed by atoms with Gasteiger partial charge in [-0.05, 0) is 47.2 Å². The minimum Gasteiger partial charge on any atom is -0.338 e. The Morgan fingerprint density at radius 3 is 2.41 bits per heavy atom. The summed E-state index contributed by atoms with van der Waals surface area (Å²) in [5.41, 5.74) is -0.637. The maximum atomic E-state index is 12.5. The van der Waals surface area contributed by atoms with Gasteiger partial charge in [0.1, 0.15) is 0 Å². The van der Waals surface area contributed by atoms with Crippen LogP contribution in [-0.2, 0) is 6.18 Å². The lowest BCUT2D eigenvalue weighted by molar-refractivity contribution is -0.137. The zero-order valence-corrected chi connectivity index (χ0v) is 10.9. The van der Waals surface area contributed by atoms with Crippen LogP contribution >= 0.6 is 22.6 Å². The molecule has 0 radical (unpaired) electrons. The Balaban J connectivity index is 2.35. The first-order valence-corrected chi connectivity index (χ1v) is 6.13. The number of benzene rings is 1. The number of rotatable bonds is 1. The minimum atomic E-state index is -4.41. The highest BCUT2D eigenvalue weighted by Gasteiger charge is 2.32. The number of hydrogen-bond donors (Lipinski definition) is 0. The fraction of sp³-hybridized carbons (Fsp3) is 0.364. The molecule has 0 unspecified atom stereocenters. The van der Waals surface area contributed by atoms with Gasteiger partial charge < -0.3 is 4.90 Å². The quantitative estimate of drug-likeness (QED) is 0.709. The second-order valence-electron chi connectivity index (χ2n) is 3.84. The van der Waals surface area contributed by atoms with Crippen LogP contribution < -0.4 is 0 Å². The standard InChI is InChI=1S/C11H9F3INO/c12-11(13,14)7-2-3-9(15)8(6-7)10(17)16-4-1-5-16/h2-3,6H,1,4-5H2. The van der Waals surface area contributed by atoms with Crippen LogP contribution in [0.1, 0.15) is 22.3 Å². The number of amides is 1. The van der Waals surface area contributed by atoms with Gasteiger partial charge in [-0.3, -0.25) is 4.79 Å². The summed E-state index contributed by atoms with van der Waals surface area (Å²) in [5, 5.41) is 0. The summed E-state index contributed by atoms with van der Waals surface area (Å²) >= 11 is 1.88. The van der Waals surface area contributed by atoms with Gasteiger partial charge in [-0.2, -0.15) is 13.2 Å². The first-order chi connectivity index (χ1) is 7.89. The molecule has 1 heterocycles. The third-order valence-electron chi connectivity index (χ3n) is 2.67. The third-order valence-corrected chi connectivity index (χ3v) is 3.61. The van der Waals surface area contributed by atoms with Crippen molar-refractivity contribution in [2.24, 2.45) is 0 Å². The van der Waals surface area contributed by atoms with E-state index in [2.05, 4.69) is 0 Å². The molecule has 92 valence electrons. The number of alkyl halides is 3. The highest BCUT2D eigenvalue weighted by molar-refractivity contribution is 14.1. The van der Waals surface area contributed by atoms with Crippen LogP contribution in [0.2, 0.25) is 0 Å². The van der Waals surface area contributed by atoms with Crippen molar-refractivity contribution in [2.45, 2.75) is 12.6 Å². The van der Waals surface area contributed by atoms with Gasteiger partial charge >= 0.3 is 6.18 Å². The van der Waals surface area contributed by atoms with Gasteiger partial charge in [-0.15, -0.1) is 0 Å². The molecule has 1 aromatic carbocycles. The van der Waals surface area contributed by atoms with Crippen molar-refractivity contribution in [1.82, 2.24) is 4.90 Å². The zero-order valence-electron chi connectivity index (χ0n) is 8.72. The lowest BCUT2D eigenvalue weighted by atomic mass is 10.1. The highest BCUT2D eigenvalue weighted by atomic mass is 127. The van der Waals surface area contributed by atoms with Crippen molar-refractivity contribution in [2.75, 3.05) is 13.1 Å². The molecule has 1 fully saturated rings. The number of nitrogens with zero attached hydrogens (tertiary/aromatic N) is 1. The molecule has 0 aliphatic carbocycles. The minimum absolute atomic E-state index is 0.139. The molecule has 1 aliphatic heterocycles. The average molecular weight is 355 g/mol. The van der Waals surface area contributed by atoms with Gasteiger partial charge in [0.25, 0.3) is 5.91 Å². The summed E-state index contributed by atoms with van der Waals surface area (Å²) < 4.78 is 38.1. The predicted octanol–water partition coefficient (Wildman–Crippen LogP) is 3.16. The molecule has 1 aromatic rings. The molecule has 0 spiro atoms. The Kier molecular flexibility index (Phi) is 3.33. The molecular formula is C11H9F3INO. The molecule has 6 heteroatoms. The molecule has 1 saturated heterocycles. The Hall–Kier alpha value is -0.790. The van der Waals surface area contributed by atoms with E-state index in [-0.39, 0.29) is 11.5 Å². The molecule has 0 atom stereocenters. The molecule has 0 saturated carbocycles. The van der Waals surface area contributed by atoms with Gasteiger partial charge in [-0.1, -0.05) is 0 Å². The van der Waals surface area contributed by atoms with E-state index in [0.29, 0.717) is 16.7 Å². The van der Waals surface area contributed by atoms with Crippen LogP contribution in [0.5, 0.6) is 0 Å². The fourth-order valence-electron chi connectivity index (χ4n) is 1.56. The summed E-state index contributed by atoms with van der Waals surface area (Å²) in [4.78, 5) is 13.4. The van der Waals surface area contributed by atoms with Crippen LogP contribution in [0.15, 0.2) is 18.2 Å². The molecule has 1 amide bonds. The summed E-state index contributed by atoms with van der Waals surface area (Å²) in [7, 11) is 0. The number of likely N-dealkylation sites (tertiary alicyclic amines) is 1.